The van der Waals surface area contributed by atoms with Crippen molar-refractivity contribution in [3.05, 3.63) is 35.5 Å². The Morgan fingerprint density at radius 2 is 1.92 bits per heavy atom. The minimum Gasteiger partial charge on any atom is -0.384 e. The van der Waals surface area contributed by atoms with E-state index >= 15 is 0 Å². The van der Waals surface area contributed by atoms with E-state index in [1.807, 2.05) is 6.07 Å². The molecule has 1 aliphatic heterocycles. The zero-order chi connectivity index (χ0) is 17.9. The van der Waals surface area contributed by atoms with Gasteiger partial charge < -0.3 is 10.2 Å². The quantitative estimate of drug-likeness (QED) is 0.802. The van der Waals surface area contributed by atoms with Gasteiger partial charge in [-0.05, 0) is 37.9 Å². The van der Waals surface area contributed by atoms with E-state index in [1.165, 1.54) is 16.6 Å². The standard InChI is InChI=1S/C19H27N3O2S/c1-3-16-15(2)21-18-8-5-4-7-17(18)19(16)20-9-6-10-22-11-13-25(23,24)14-12-22/h4-5,7-8H,3,6,9-14H2,1-2H3,(H,20,21). The SMILES string of the molecule is CCc1c(C)nc2ccccc2c1NCCCN1CCS(=O)(=O)CC1. The smallest absolute Gasteiger partial charge is 0.152 e. The summed E-state index contributed by atoms with van der Waals surface area (Å²) in [6, 6.07) is 8.26. The summed E-state index contributed by atoms with van der Waals surface area (Å²) in [5.74, 6) is 0.600. The van der Waals surface area contributed by atoms with E-state index in [0.29, 0.717) is 24.6 Å². The Hall–Kier alpha value is -1.66. The van der Waals surface area contributed by atoms with Crippen molar-refractivity contribution in [2.45, 2.75) is 26.7 Å². The predicted octanol–water partition coefficient (Wildman–Crippen LogP) is 2.64. The second-order valence-corrected chi connectivity index (χ2v) is 9.00. The van der Waals surface area contributed by atoms with Crippen molar-refractivity contribution >= 4 is 26.4 Å². The van der Waals surface area contributed by atoms with Crippen LogP contribution in [-0.4, -0.2) is 56.0 Å². The van der Waals surface area contributed by atoms with Crippen LogP contribution in [0.15, 0.2) is 24.3 Å². The van der Waals surface area contributed by atoms with E-state index in [1.54, 1.807) is 0 Å². The number of fused-ring (bicyclic) bond motifs is 1. The van der Waals surface area contributed by atoms with Gasteiger partial charge >= 0.3 is 0 Å². The zero-order valence-electron chi connectivity index (χ0n) is 15.1. The third-order valence-electron chi connectivity index (χ3n) is 4.94. The Labute approximate surface area is 150 Å². The molecule has 0 amide bonds. The average molecular weight is 362 g/mol. The number of para-hydroxylation sites is 1. The largest absolute Gasteiger partial charge is 0.384 e. The molecule has 0 aliphatic carbocycles. The highest BCUT2D eigenvalue weighted by Gasteiger charge is 2.20. The fourth-order valence-electron chi connectivity index (χ4n) is 3.50. The topological polar surface area (TPSA) is 62.3 Å². The third kappa shape index (κ3) is 4.30. The minimum atomic E-state index is -2.79. The molecule has 3 rings (SSSR count). The molecule has 6 heteroatoms. The molecule has 25 heavy (non-hydrogen) atoms. The lowest BCUT2D eigenvalue weighted by atomic mass is 10.0. The first-order valence-corrected chi connectivity index (χ1v) is 10.9. The second kappa shape index (κ2) is 7.70. The molecular weight excluding hydrogens is 334 g/mol. The molecule has 2 heterocycles. The summed E-state index contributed by atoms with van der Waals surface area (Å²) in [6.07, 6.45) is 1.95. The summed E-state index contributed by atoms with van der Waals surface area (Å²) >= 11 is 0. The van der Waals surface area contributed by atoms with Crippen LogP contribution in [0.4, 0.5) is 5.69 Å². The third-order valence-corrected chi connectivity index (χ3v) is 6.55. The van der Waals surface area contributed by atoms with Crippen molar-refractivity contribution in [3.63, 3.8) is 0 Å². The van der Waals surface area contributed by atoms with Gasteiger partial charge in [-0.2, -0.15) is 0 Å². The molecule has 1 saturated heterocycles. The van der Waals surface area contributed by atoms with Crippen molar-refractivity contribution in [2.24, 2.45) is 0 Å². The van der Waals surface area contributed by atoms with E-state index in [2.05, 4.69) is 42.3 Å². The maximum absolute atomic E-state index is 11.5. The van der Waals surface area contributed by atoms with Crippen LogP contribution in [0.3, 0.4) is 0 Å². The number of hydrogen-bond donors (Lipinski definition) is 1. The lowest BCUT2D eigenvalue weighted by molar-refractivity contribution is 0.295. The first-order chi connectivity index (χ1) is 12.0. The van der Waals surface area contributed by atoms with Gasteiger partial charge in [-0.1, -0.05) is 25.1 Å². The molecule has 0 atom stereocenters. The predicted molar refractivity (Wildman–Crippen MR) is 104 cm³/mol. The van der Waals surface area contributed by atoms with E-state index in [-0.39, 0.29) is 0 Å². The molecule has 0 unspecified atom stereocenters. The van der Waals surface area contributed by atoms with Gasteiger partial charge in [0.25, 0.3) is 0 Å². The number of pyridine rings is 1. The van der Waals surface area contributed by atoms with Gasteiger partial charge in [0.15, 0.2) is 9.84 Å². The van der Waals surface area contributed by atoms with E-state index < -0.39 is 9.84 Å². The molecule has 0 bridgehead atoms. The van der Waals surface area contributed by atoms with Crippen molar-refractivity contribution in [2.75, 3.05) is 43.0 Å². The number of nitrogens with one attached hydrogen (secondary N) is 1. The summed E-state index contributed by atoms with van der Waals surface area (Å²) in [6.45, 7) is 7.39. The van der Waals surface area contributed by atoms with Crippen LogP contribution < -0.4 is 5.32 Å². The van der Waals surface area contributed by atoms with Gasteiger partial charge in [-0.15, -0.1) is 0 Å². The first-order valence-electron chi connectivity index (χ1n) is 9.05. The molecule has 1 aromatic carbocycles. The molecule has 1 aliphatic rings. The Morgan fingerprint density at radius 3 is 2.64 bits per heavy atom. The zero-order valence-corrected chi connectivity index (χ0v) is 15.9. The Balaban J connectivity index is 1.63. The van der Waals surface area contributed by atoms with Crippen LogP contribution in [0.1, 0.15) is 24.6 Å². The lowest BCUT2D eigenvalue weighted by Gasteiger charge is -2.26. The highest BCUT2D eigenvalue weighted by Crippen LogP contribution is 2.28. The number of anilines is 1. The van der Waals surface area contributed by atoms with Crippen molar-refractivity contribution in [3.8, 4) is 0 Å². The van der Waals surface area contributed by atoms with Crippen LogP contribution in [0.5, 0.6) is 0 Å². The summed E-state index contributed by atoms with van der Waals surface area (Å²) in [5.41, 5.74) is 4.60. The maximum Gasteiger partial charge on any atom is 0.152 e. The molecule has 0 radical (unpaired) electrons. The summed E-state index contributed by atoms with van der Waals surface area (Å²) in [7, 11) is -2.79. The van der Waals surface area contributed by atoms with Crippen LogP contribution in [0.2, 0.25) is 0 Å². The van der Waals surface area contributed by atoms with Crippen LogP contribution in [0, 0.1) is 6.92 Å². The van der Waals surface area contributed by atoms with Gasteiger partial charge in [0.2, 0.25) is 0 Å². The van der Waals surface area contributed by atoms with E-state index in [0.717, 1.165) is 37.1 Å². The molecule has 1 N–H and O–H groups in total. The van der Waals surface area contributed by atoms with Gasteiger partial charge in [0, 0.05) is 36.4 Å². The Bertz CT molecular complexity index is 835. The molecule has 0 saturated carbocycles. The molecular formula is C19H27N3O2S. The van der Waals surface area contributed by atoms with Crippen LogP contribution in [-0.2, 0) is 16.3 Å². The highest BCUT2D eigenvalue weighted by molar-refractivity contribution is 7.91. The Kier molecular flexibility index (Phi) is 5.59. The fourth-order valence-corrected chi connectivity index (χ4v) is 4.78. The second-order valence-electron chi connectivity index (χ2n) is 6.70. The van der Waals surface area contributed by atoms with Crippen LogP contribution in [0.25, 0.3) is 10.9 Å². The number of aromatic nitrogens is 1. The molecule has 1 fully saturated rings. The fraction of sp³-hybridized carbons (Fsp3) is 0.526. The highest BCUT2D eigenvalue weighted by atomic mass is 32.2. The average Bonchev–Trinajstić information content (AvgIpc) is 2.59. The maximum atomic E-state index is 11.5. The van der Waals surface area contributed by atoms with Crippen LogP contribution >= 0.6 is 0 Å². The molecule has 0 spiro atoms. The number of rotatable bonds is 6. The lowest BCUT2D eigenvalue weighted by Crippen LogP contribution is -2.41. The van der Waals surface area contributed by atoms with Crippen molar-refractivity contribution < 1.29 is 8.42 Å². The molecule has 136 valence electrons. The number of sulfone groups is 1. The normalized spacial score (nSPS) is 17.7. The summed E-state index contributed by atoms with van der Waals surface area (Å²) in [5, 5.41) is 4.79. The summed E-state index contributed by atoms with van der Waals surface area (Å²) < 4.78 is 23.0. The first kappa shape index (κ1) is 18.1. The number of nitrogens with zero attached hydrogens (tertiary/aromatic N) is 2. The number of hydrogen-bond acceptors (Lipinski definition) is 5. The summed E-state index contributed by atoms with van der Waals surface area (Å²) in [4.78, 5) is 6.97. The number of aryl methyl sites for hydroxylation is 1. The van der Waals surface area contributed by atoms with Gasteiger partial charge in [0.1, 0.15) is 0 Å². The van der Waals surface area contributed by atoms with Crippen molar-refractivity contribution in [1.82, 2.24) is 9.88 Å². The van der Waals surface area contributed by atoms with Gasteiger partial charge in [0.05, 0.1) is 17.0 Å². The van der Waals surface area contributed by atoms with Gasteiger partial charge in [-0.25, -0.2) is 8.42 Å². The van der Waals surface area contributed by atoms with Crippen molar-refractivity contribution in [1.29, 1.82) is 0 Å². The minimum absolute atomic E-state index is 0.300. The molecule has 5 nitrogen and oxygen atoms in total. The van der Waals surface area contributed by atoms with Gasteiger partial charge in [-0.3, -0.25) is 4.98 Å². The monoisotopic (exact) mass is 361 g/mol. The molecule has 1 aromatic heterocycles. The molecule has 2 aromatic rings. The van der Waals surface area contributed by atoms with E-state index in [9.17, 15) is 8.42 Å². The Morgan fingerprint density at radius 1 is 1.20 bits per heavy atom. The number of benzene rings is 1. The van der Waals surface area contributed by atoms with E-state index in [4.69, 9.17) is 4.98 Å².